The van der Waals surface area contributed by atoms with Crippen molar-refractivity contribution in [2.75, 3.05) is 30.3 Å². The average Bonchev–Trinajstić information content (AvgIpc) is 3.39. The maximum absolute atomic E-state index is 12.6. The molecule has 2 heterocycles. The van der Waals surface area contributed by atoms with Gasteiger partial charge in [0.2, 0.25) is 5.69 Å². The quantitative estimate of drug-likeness (QED) is 0.0789. The number of ether oxygens (including phenoxy) is 1. The van der Waals surface area contributed by atoms with Gasteiger partial charge in [-0.25, -0.2) is 8.42 Å². The summed E-state index contributed by atoms with van der Waals surface area (Å²) in [4.78, 5) is 14.9. The average molecular weight is 671 g/mol. The molecule has 0 aliphatic carbocycles. The third kappa shape index (κ3) is 7.01. The zero-order chi connectivity index (χ0) is 34.9. The molecule has 3 aromatic carbocycles. The van der Waals surface area contributed by atoms with Crippen molar-refractivity contribution in [3.63, 3.8) is 0 Å². The standard InChI is InChI=1S/C40H50N2O5S/c1-8-38(2,3)37(43)47-27-16-26-41-32-20-12-11-19-31(32)39(4,5)34(41)21-15-22-35-40(6,7)36-30-18-10-9-17-29(30)23-24-33(36)42(35)25-13-14-28-48(44,45)46/h9-12,15,17-24H,8,13-14,16,25-28H2,1-7H3. The van der Waals surface area contributed by atoms with Gasteiger partial charge >= 0.3 is 5.97 Å². The van der Waals surface area contributed by atoms with Crippen LogP contribution in [0, 0.1) is 5.41 Å². The van der Waals surface area contributed by atoms with Crippen LogP contribution in [0.1, 0.15) is 85.3 Å². The number of allylic oxidation sites excluding steroid dienone is 4. The summed E-state index contributed by atoms with van der Waals surface area (Å²) in [6.45, 7) is 16.5. The number of anilines is 1. The van der Waals surface area contributed by atoms with Gasteiger partial charge in [0.25, 0.3) is 0 Å². The van der Waals surface area contributed by atoms with Gasteiger partial charge in [0.1, 0.15) is 6.54 Å². The highest BCUT2D eigenvalue weighted by Gasteiger charge is 2.45. The number of hydrogen-bond acceptors (Lipinski definition) is 6. The van der Waals surface area contributed by atoms with Gasteiger partial charge in [-0.15, -0.1) is 0 Å². The monoisotopic (exact) mass is 670 g/mol. The molecule has 8 heteroatoms. The molecule has 0 saturated heterocycles. The minimum absolute atomic E-state index is 0.157. The fourth-order valence-corrected chi connectivity index (χ4v) is 7.72. The van der Waals surface area contributed by atoms with E-state index in [2.05, 4.69) is 116 Å². The van der Waals surface area contributed by atoms with Gasteiger partial charge in [-0.05, 0) is 81.5 Å². The zero-order valence-electron chi connectivity index (χ0n) is 29.5. The third-order valence-electron chi connectivity index (χ3n) is 10.3. The summed E-state index contributed by atoms with van der Waals surface area (Å²) in [5.74, 6) is -0.511. The maximum Gasteiger partial charge on any atom is 0.311 e. The lowest BCUT2D eigenvalue weighted by Crippen LogP contribution is -2.29. The lowest BCUT2D eigenvalue weighted by Gasteiger charge is -2.27. The third-order valence-corrected chi connectivity index (χ3v) is 11.1. The molecule has 0 aromatic heterocycles. The van der Waals surface area contributed by atoms with Crippen LogP contribution < -0.4 is 4.90 Å². The Kier molecular flexibility index (Phi) is 10.1. The van der Waals surface area contributed by atoms with E-state index in [-0.39, 0.29) is 22.6 Å². The van der Waals surface area contributed by atoms with E-state index < -0.39 is 15.5 Å². The Bertz CT molecular complexity index is 1900. The Hall–Kier alpha value is -3.75. The summed E-state index contributed by atoms with van der Waals surface area (Å²) in [5, 5.41) is 2.38. The SMILES string of the molecule is CCC(C)(C)C(=O)OCCCN1C(=CC=CC2=[N+](CCCCS(=O)(=O)[O-])c3ccc4ccccc4c3C2(C)C)C(C)(C)c2ccccc21. The molecule has 0 atom stereocenters. The highest BCUT2D eigenvalue weighted by atomic mass is 32.2. The molecule has 5 rings (SSSR count). The maximum atomic E-state index is 12.6. The van der Waals surface area contributed by atoms with Crippen LogP contribution in [0.5, 0.6) is 0 Å². The Morgan fingerprint density at radius 2 is 1.67 bits per heavy atom. The largest absolute Gasteiger partial charge is 0.748 e. The summed E-state index contributed by atoms with van der Waals surface area (Å²) in [7, 11) is -4.26. The van der Waals surface area contributed by atoms with Crippen LogP contribution in [0.2, 0.25) is 0 Å². The van der Waals surface area contributed by atoms with Gasteiger partial charge in [-0.1, -0.05) is 69.3 Å². The van der Waals surface area contributed by atoms with E-state index in [1.807, 2.05) is 20.8 Å². The van der Waals surface area contributed by atoms with Crippen molar-refractivity contribution in [2.24, 2.45) is 5.41 Å². The number of carbonyl (C=O) groups is 1. The van der Waals surface area contributed by atoms with E-state index in [4.69, 9.17) is 4.74 Å². The lowest BCUT2D eigenvalue weighted by molar-refractivity contribution is -0.438. The molecular weight excluding hydrogens is 621 g/mol. The number of para-hydroxylation sites is 1. The molecule has 256 valence electrons. The van der Waals surface area contributed by atoms with Gasteiger partial charge in [0.15, 0.2) is 5.71 Å². The Balaban J connectivity index is 1.47. The number of benzene rings is 3. The predicted molar refractivity (Wildman–Crippen MR) is 194 cm³/mol. The Morgan fingerprint density at radius 1 is 0.958 bits per heavy atom. The molecule has 0 spiro atoms. The van der Waals surface area contributed by atoms with Crippen LogP contribution in [-0.4, -0.2) is 54.7 Å². The van der Waals surface area contributed by atoms with E-state index in [1.165, 1.54) is 33.3 Å². The smallest absolute Gasteiger partial charge is 0.311 e. The van der Waals surface area contributed by atoms with E-state index in [1.54, 1.807) is 0 Å². The second kappa shape index (κ2) is 13.6. The zero-order valence-corrected chi connectivity index (χ0v) is 30.3. The first kappa shape index (κ1) is 35.6. The molecule has 3 aromatic rings. The normalized spacial score (nSPS) is 17.8. The van der Waals surface area contributed by atoms with Gasteiger partial charge in [-0.3, -0.25) is 4.79 Å². The lowest BCUT2D eigenvalue weighted by atomic mass is 9.79. The van der Waals surface area contributed by atoms with E-state index in [0.29, 0.717) is 39.0 Å². The number of fused-ring (bicyclic) bond motifs is 4. The Labute approximate surface area is 286 Å². The molecule has 2 aliphatic rings. The first-order valence-corrected chi connectivity index (χ1v) is 18.7. The molecular formula is C40H50N2O5S. The molecule has 2 aliphatic heterocycles. The van der Waals surface area contributed by atoms with Crippen molar-refractivity contribution in [2.45, 2.75) is 85.0 Å². The fraction of sp³-hybridized carbons (Fsp3) is 0.450. The van der Waals surface area contributed by atoms with E-state index in [9.17, 15) is 17.8 Å². The second-order valence-electron chi connectivity index (χ2n) is 14.7. The van der Waals surface area contributed by atoms with Crippen molar-refractivity contribution in [1.82, 2.24) is 0 Å². The van der Waals surface area contributed by atoms with Crippen molar-refractivity contribution in [1.29, 1.82) is 0 Å². The van der Waals surface area contributed by atoms with Gasteiger partial charge in [-0.2, -0.15) is 4.58 Å². The van der Waals surface area contributed by atoms with Crippen molar-refractivity contribution in [3.05, 3.63) is 95.7 Å². The molecule has 0 fully saturated rings. The van der Waals surface area contributed by atoms with Crippen LogP contribution in [0.15, 0.2) is 84.6 Å². The molecule has 0 saturated carbocycles. The summed E-state index contributed by atoms with van der Waals surface area (Å²) in [6, 6.07) is 21.2. The summed E-state index contributed by atoms with van der Waals surface area (Å²) < 4.78 is 41.9. The number of esters is 1. The van der Waals surface area contributed by atoms with E-state index in [0.717, 1.165) is 17.8 Å². The molecule has 0 radical (unpaired) electrons. The van der Waals surface area contributed by atoms with E-state index >= 15 is 0 Å². The summed E-state index contributed by atoms with van der Waals surface area (Å²) in [6.07, 6.45) is 8.88. The predicted octanol–water partition coefficient (Wildman–Crippen LogP) is 8.15. The Morgan fingerprint density at radius 3 is 2.40 bits per heavy atom. The molecule has 7 nitrogen and oxygen atoms in total. The van der Waals surface area contributed by atoms with Gasteiger partial charge < -0.3 is 14.2 Å². The minimum Gasteiger partial charge on any atom is -0.748 e. The van der Waals surface area contributed by atoms with Gasteiger partial charge in [0, 0.05) is 53.2 Å². The second-order valence-corrected chi connectivity index (χ2v) is 16.3. The number of carbonyl (C=O) groups excluding carboxylic acids is 1. The van der Waals surface area contributed by atoms with Crippen LogP contribution in [-0.2, 0) is 30.5 Å². The number of rotatable bonds is 13. The summed E-state index contributed by atoms with van der Waals surface area (Å²) >= 11 is 0. The van der Waals surface area contributed by atoms with Crippen LogP contribution >= 0.6 is 0 Å². The number of nitrogens with zero attached hydrogens (tertiary/aromatic N) is 2. The fourth-order valence-electron chi connectivity index (χ4n) is 7.16. The van der Waals surface area contributed by atoms with Gasteiger partial charge in [0.05, 0.1) is 27.6 Å². The van der Waals surface area contributed by atoms with Crippen LogP contribution in [0.25, 0.3) is 10.8 Å². The number of hydrogen-bond donors (Lipinski definition) is 0. The van der Waals surface area contributed by atoms with Crippen molar-refractivity contribution < 1.29 is 27.1 Å². The number of unbranched alkanes of at least 4 members (excludes halogenated alkanes) is 1. The molecule has 0 unspecified atom stereocenters. The topological polar surface area (TPSA) is 89.8 Å². The van der Waals surface area contributed by atoms with Crippen LogP contribution in [0.3, 0.4) is 0 Å². The molecule has 48 heavy (non-hydrogen) atoms. The highest BCUT2D eigenvalue weighted by Crippen LogP contribution is 2.48. The minimum atomic E-state index is -4.26. The first-order chi connectivity index (χ1) is 22.6. The highest BCUT2D eigenvalue weighted by molar-refractivity contribution is 7.85. The molecule has 0 amide bonds. The molecule has 0 bridgehead atoms. The summed E-state index contributed by atoms with van der Waals surface area (Å²) in [5.41, 5.74) is 6.05. The molecule has 0 N–H and O–H groups in total. The van der Waals surface area contributed by atoms with Crippen molar-refractivity contribution in [3.8, 4) is 0 Å². The first-order valence-electron chi connectivity index (χ1n) is 17.1. The van der Waals surface area contributed by atoms with Crippen molar-refractivity contribution >= 4 is 43.9 Å². The van der Waals surface area contributed by atoms with Crippen LogP contribution in [0.4, 0.5) is 11.4 Å².